The molecule has 2 aromatic rings. The van der Waals surface area contributed by atoms with Crippen LogP contribution in [0.5, 0.6) is 0 Å². The third kappa shape index (κ3) is 2.38. The van der Waals surface area contributed by atoms with E-state index in [0.717, 1.165) is 12.1 Å². The molecule has 0 unspecified atom stereocenters. The van der Waals surface area contributed by atoms with Gasteiger partial charge < -0.3 is 4.57 Å². The molecule has 2 heterocycles. The molecule has 106 valence electrons. The largest absolute Gasteiger partial charge is 0.323 e. The first-order valence-electron chi connectivity index (χ1n) is 7.61. The van der Waals surface area contributed by atoms with Crippen LogP contribution >= 0.6 is 0 Å². The summed E-state index contributed by atoms with van der Waals surface area (Å²) in [6.45, 7) is 9.39. The van der Waals surface area contributed by atoms with Gasteiger partial charge in [-0.25, -0.2) is 4.98 Å². The minimum absolute atomic E-state index is 0.377. The fourth-order valence-corrected chi connectivity index (χ4v) is 3.20. The van der Waals surface area contributed by atoms with Crippen LogP contribution in [-0.4, -0.2) is 27.5 Å². The van der Waals surface area contributed by atoms with Crippen LogP contribution in [0.4, 0.5) is 0 Å². The Kier molecular flexibility index (Phi) is 3.88. The number of likely N-dealkylation sites (tertiary alicyclic amines) is 1. The monoisotopic (exact) mass is 269 g/mol. The Hall–Kier alpha value is -1.61. The van der Waals surface area contributed by atoms with E-state index in [1.54, 1.807) is 0 Å². The molecule has 3 nitrogen and oxygen atoms in total. The second-order valence-corrected chi connectivity index (χ2v) is 5.63. The Balaban J connectivity index is 2.00. The van der Waals surface area contributed by atoms with Crippen molar-refractivity contribution in [3.05, 3.63) is 42.7 Å². The molecule has 1 fully saturated rings. The third-order valence-corrected chi connectivity index (χ3v) is 4.31. The normalized spacial score (nSPS) is 18.2. The van der Waals surface area contributed by atoms with E-state index in [2.05, 4.69) is 47.2 Å². The maximum absolute atomic E-state index is 4.88. The van der Waals surface area contributed by atoms with Crippen LogP contribution in [0.15, 0.2) is 36.9 Å². The molecular formula is C17H23N3. The summed E-state index contributed by atoms with van der Waals surface area (Å²) in [5.41, 5.74) is 2.31. The summed E-state index contributed by atoms with van der Waals surface area (Å²) in [6.07, 6.45) is 5.95. The zero-order valence-corrected chi connectivity index (χ0v) is 12.3. The standard InChI is InChI=1S/C17H23N3/c1-3-11-20-16-10-6-5-9-15(16)18-17(20)14(2)19-12-7-4-8-13-19/h3,5-6,9-10,14H,1,4,7-8,11-13H2,2H3/t14-/m1/s1. The van der Waals surface area contributed by atoms with Gasteiger partial charge in [0.2, 0.25) is 0 Å². The summed E-state index contributed by atoms with van der Waals surface area (Å²) >= 11 is 0. The van der Waals surface area contributed by atoms with Crippen molar-refractivity contribution in [3.8, 4) is 0 Å². The molecule has 0 N–H and O–H groups in total. The lowest BCUT2D eigenvalue weighted by atomic mass is 10.1. The van der Waals surface area contributed by atoms with Crippen molar-refractivity contribution in [1.29, 1.82) is 0 Å². The van der Waals surface area contributed by atoms with Crippen molar-refractivity contribution < 1.29 is 0 Å². The van der Waals surface area contributed by atoms with Crippen molar-refractivity contribution in [3.63, 3.8) is 0 Å². The molecule has 0 amide bonds. The number of para-hydroxylation sites is 2. The van der Waals surface area contributed by atoms with Gasteiger partial charge in [-0.1, -0.05) is 24.6 Å². The molecular weight excluding hydrogens is 246 g/mol. The summed E-state index contributed by atoms with van der Waals surface area (Å²) in [5.74, 6) is 1.17. The lowest BCUT2D eigenvalue weighted by Gasteiger charge is -2.32. The zero-order chi connectivity index (χ0) is 13.9. The average molecular weight is 269 g/mol. The fraction of sp³-hybridized carbons (Fsp3) is 0.471. The van der Waals surface area contributed by atoms with Gasteiger partial charge in [0.1, 0.15) is 5.82 Å². The van der Waals surface area contributed by atoms with E-state index in [1.165, 1.54) is 43.7 Å². The number of piperidine rings is 1. The molecule has 1 saturated heterocycles. The maximum Gasteiger partial charge on any atom is 0.127 e. The van der Waals surface area contributed by atoms with Crippen LogP contribution in [0.3, 0.4) is 0 Å². The van der Waals surface area contributed by atoms with E-state index in [0.29, 0.717) is 6.04 Å². The number of rotatable bonds is 4. The molecule has 1 aliphatic heterocycles. The predicted octanol–water partition coefficient (Wildman–Crippen LogP) is 3.77. The third-order valence-electron chi connectivity index (χ3n) is 4.31. The smallest absolute Gasteiger partial charge is 0.127 e. The number of nitrogens with zero attached hydrogens (tertiary/aromatic N) is 3. The minimum atomic E-state index is 0.377. The molecule has 1 aromatic heterocycles. The zero-order valence-electron chi connectivity index (χ0n) is 12.3. The highest BCUT2D eigenvalue weighted by Gasteiger charge is 2.23. The number of benzene rings is 1. The Labute approximate surface area is 120 Å². The fourth-order valence-electron chi connectivity index (χ4n) is 3.20. The number of allylic oxidation sites excluding steroid dienone is 1. The highest BCUT2D eigenvalue weighted by Crippen LogP contribution is 2.27. The Morgan fingerprint density at radius 2 is 2.00 bits per heavy atom. The minimum Gasteiger partial charge on any atom is -0.323 e. The highest BCUT2D eigenvalue weighted by atomic mass is 15.2. The first-order valence-corrected chi connectivity index (χ1v) is 7.61. The van der Waals surface area contributed by atoms with Crippen LogP contribution in [0.1, 0.15) is 38.1 Å². The van der Waals surface area contributed by atoms with Crippen LogP contribution in [0.2, 0.25) is 0 Å². The summed E-state index contributed by atoms with van der Waals surface area (Å²) in [5, 5.41) is 0. The summed E-state index contributed by atoms with van der Waals surface area (Å²) in [4.78, 5) is 7.44. The molecule has 0 radical (unpaired) electrons. The number of hydrogen-bond acceptors (Lipinski definition) is 2. The second-order valence-electron chi connectivity index (χ2n) is 5.63. The van der Waals surface area contributed by atoms with Crippen molar-refractivity contribution >= 4 is 11.0 Å². The van der Waals surface area contributed by atoms with Gasteiger partial charge in [0, 0.05) is 6.54 Å². The van der Waals surface area contributed by atoms with E-state index in [-0.39, 0.29) is 0 Å². The molecule has 1 aliphatic rings. The Bertz CT molecular complexity index is 593. The molecule has 3 heteroatoms. The first-order chi connectivity index (χ1) is 9.81. The number of aromatic nitrogens is 2. The molecule has 0 spiro atoms. The molecule has 1 aromatic carbocycles. The average Bonchev–Trinajstić information content (AvgIpc) is 2.87. The molecule has 0 aliphatic carbocycles. The topological polar surface area (TPSA) is 21.1 Å². The number of imidazole rings is 1. The van der Waals surface area contributed by atoms with E-state index in [4.69, 9.17) is 4.98 Å². The van der Waals surface area contributed by atoms with Gasteiger partial charge in [0.25, 0.3) is 0 Å². The highest BCUT2D eigenvalue weighted by molar-refractivity contribution is 5.76. The lowest BCUT2D eigenvalue weighted by molar-refractivity contribution is 0.166. The molecule has 20 heavy (non-hydrogen) atoms. The van der Waals surface area contributed by atoms with E-state index in [1.807, 2.05) is 6.08 Å². The van der Waals surface area contributed by atoms with Gasteiger partial charge in [-0.2, -0.15) is 0 Å². The van der Waals surface area contributed by atoms with Gasteiger partial charge in [-0.15, -0.1) is 6.58 Å². The van der Waals surface area contributed by atoms with Crippen LogP contribution in [0.25, 0.3) is 11.0 Å². The second kappa shape index (κ2) is 5.80. The van der Waals surface area contributed by atoms with Gasteiger partial charge in [0.05, 0.1) is 17.1 Å². The summed E-state index contributed by atoms with van der Waals surface area (Å²) in [7, 11) is 0. The number of fused-ring (bicyclic) bond motifs is 1. The van der Waals surface area contributed by atoms with Crippen LogP contribution in [-0.2, 0) is 6.54 Å². The van der Waals surface area contributed by atoms with Gasteiger partial charge in [-0.3, -0.25) is 4.90 Å². The molecule has 0 saturated carbocycles. The van der Waals surface area contributed by atoms with Gasteiger partial charge in [0.15, 0.2) is 0 Å². The van der Waals surface area contributed by atoms with Crippen molar-refractivity contribution in [1.82, 2.24) is 14.5 Å². The summed E-state index contributed by atoms with van der Waals surface area (Å²) < 4.78 is 2.31. The molecule has 1 atom stereocenters. The Morgan fingerprint density at radius 1 is 1.25 bits per heavy atom. The molecule has 0 bridgehead atoms. The van der Waals surface area contributed by atoms with Crippen molar-refractivity contribution in [2.24, 2.45) is 0 Å². The van der Waals surface area contributed by atoms with E-state index < -0.39 is 0 Å². The Morgan fingerprint density at radius 3 is 2.75 bits per heavy atom. The van der Waals surface area contributed by atoms with Gasteiger partial charge >= 0.3 is 0 Å². The van der Waals surface area contributed by atoms with Crippen molar-refractivity contribution in [2.45, 2.75) is 38.8 Å². The van der Waals surface area contributed by atoms with E-state index in [9.17, 15) is 0 Å². The van der Waals surface area contributed by atoms with Crippen molar-refractivity contribution in [2.75, 3.05) is 13.1 Å². The lowest BCUT2D eigenvalue weighted by Crippen LogP contribution is -2.33. The van der Waals surface area contributed by atoms with Gasteiger partial charge in [-0.05, 0) is 45.0 Å². The first kappa shape index (κ1) is 13.4. The molecule has 3 rings (SSSR count). The van der Waals surface area contributed by atoms with Crippen LogP contribution < -0.4 is 0 Å². The van der Waals surface area contributed by atoms with E-state index >= 15 is 0 Å². The SMILES string of the molecule is C=CCn1c([C@@H](C)N2CCCCC2)nc2ccccc21. The number of hydrogen-bond donors (Lipinski definition) is 0. The maximum atomic E-state index is 4.88. The summed E-state index contributed by atoms with van der Waals surface area (Å²) in [6, 6.07) is 8.77. The predicted molar refractivity (Wildman–Crippen MR) is 83.8 cm³/mol. The quantitative estimate of drug-likeness (QED) is 0.788. The van der Waals surface area contributed by atoms with Crippen LogP contribution in [0, 0.1) is 0 Å².